The van der Waals surface area contributed by atoms with Crippen molar-refractivity contribution in [2.24, 2.45) is 11.3 Å². The number of piperidine rings is 1. The van der Waals surface area contributed by atoms with E-state index >= 15 is 0 Å². The molecule has 3 aromatic heterocycles. The van der Waals surface area contributed by atoms with Crippen LogP contribution in [0.4, 0.5) is 17.3 Å². The molecule has 1 aliphatic carbocycles. The Morgan fingerprint density at radius 2 is 1.85 bits per heavy atom. The van der Waals surface area contributed by atoms with Gasteiger partial charge in [-0.05, 0) is 84.4 Å². The normalized spacial score (nSPS) is 18.8. The first-order valence-electron chi connectivity index (χ1n) is 14.3. The van der Waals surface area contributed by atoms with Crippen LogP contribution in [0.3, 0.4) is 0 Å². The van der Waals surface area contributed by atoms with E-state index in [9.17, 15) is 0 Å². The van der Waals surface area contributed by atoms with Crippen LogP contribution in [0.25, 0.3) is 22.3 Å². The molecule has 202 valence electrons. The summed E-state index contributed by atoms with van der Waals surface area (Å²) in [4.78, 5) is 19.3. The SMILES string of the molecule is CC(C)c1ccc(Nc2cc(-c3nc(NCC4CCNCC4(C)C)c4c(C5CC5)cncc4n3)ccn2)cc1. The van der Waals surface area contributed by atoms with Gasteiger partial charge in [-0.2, -0.15) is 0 Å². The van der Waals surface area contributed by atoms with Crippen molar-refractivity contribution in [1.29, 1.82) is 0 Å². The second-order valence-electron chi connectivity index (χ2n) is 12.2. The number of nitrogens with zero attached hydrogens (tertiary/aromatic N) is 4. The molecule has 39 heavy (non-hydrogen) atoms. The summed E-state index contributed by atoms with van der Waals surface area (Å²) in [6.07, 6.45) is 9.29. The topological polar surface area (TPSA) is 87.7 Å². The maximum absolute atomic E-state index is 5.13. The molecular formula is C32H39N7. The molecule has 1 unspecified atom stereocenters. The number of hydrogen-bond acceptors (Lipinski definition) is 7. The van der Waals surface area contributed by atoms with Gasteiger partial charge in [-0.25, -0.2) is 15.0 Å². The average molecular weight is 522 g/mol. The van der Waals surface area contributed by atoms with Gasteiger partial charge in [0.2, 0.25) is 0 Å². The molecule has 0 bridgehead atoms. The van der Waals surface area contributed by atoms with Crippen LogP contribution in [0, 0.1) is 11.3 Å². The molecule has 6 rings (SSSR count). The van der Waals surface area contributed by atoms with E-state index in [1.54, 1.807) is 0 Å². The van der Waals surface area contributed by atoms with Crippen molar-refractivity contribution >= 4 is 28.2 Å². The number of anilines is 3. The molecule has 1 aliphatic heterocycles. The van der Waals surface area contributed by atoms with Crippen LogP contribution in [-0.2, 0) is 0 Å². The van der Waals surface area contributed by atoms with E-state index in [-0.39, 0.29) is 5.41 Å². The Hall–Kier alpha value is -3.58. The van der Waals surface area contributed by atoms with Crippen LogP contribution < -0.4 is 16.0 Å². The first-order chi connectivity index (χ1) is 18.9. The Morgan fingerprint density at radius 1 is 1.03 bits per heavy atom. The maximum Gasteiger partial charge on any atom is 0.162 e. The summed E-state index contributed by atoms with van der Waals surface area (Å²) in [6.45, 7) is 12.1. The zero-order valence-corrected chi connectivity index (χ0v) is 23.5. The molecule has 0 amide bonds. The van der Waals surface area contributed by atoms with Crippen LogP contribution in [0.1, 0.15) is 69.9 Å². The van der Waals surface area contributed by atoms with Gasteiger partial charge in [0.1, 0.15) is 11.6 Å². The monoisotopic (exact) mass is 521 g/mol. The lowest BCUT2D eigenvalue weighted by atomic mass is 9.74. The smallest absolute Gasteiger partial charge is 0.162 e. The van der Waals surface area contributed by atoms with E-state index in [2.05, 4.69) is 77.9 Å². The largest absolute Gasteiger partial charge is 0.369 e. The quantitative estimate of drug-likeness (QED) is 0.233. The predicted octanol–water partition coefficient (Wildman–Crippen LogP) is 6.88. The summed E-state index contributed by atoms with van der Waals surface area (Å²) >= 11 is 0. The molecule has 3 N–H and O–H groups in total. The summed E-state index contributed by atoms with van der Waals surface area (Å²) in [5, 5.41) is 11.9. The third kappa shape index (κ3) is 5.59. The lowest BCUT2D eigenvalue weighted by Gasteiger charge is -2.39. The number of benzene rings is 1. The van der Waals surface area contributed by atoms with Gasteiger partial charge in [0.05, 0.1) is 11.7 Å². The van der Waals surface area contributed by atoms with Crippen LogP contribution in [0.15, 0.2) is 55.0 Å². The number of nitrogens with one attached hydrogen (secondary N) is 3. The van der Waals surface area contributed by atoms with Gasteiger partial charge in [-0.15, -0.1) is 0 Å². The number of aromatic nitrogens is 4. The molecule has 0 spiro atoms. The van der Waals surface area contributed by atoms with Crippen LogP contribution >= 0.6 is 0 Å². The molecule has 2 aliphatic rings. The van der Waals surface area contributed by atoms with Crippen molar-refractivity contribution in [3.05, 3.63) is 66.1 Å². The number of rotatable bonds is 8. The van der Waals surface area contributed by atoms with Gasteiger partial charge in [-0.3, -0.25) is 4.98 Å². The highest BCUT2D eigenvalue weighted by molar-refractivity contribution is 5.93. The zero-order chi connectivity index (χ0) is 27.0. The minimum Gasteiger partial charge on any atom is -0.369 e. The van der Waals surface area contributed by atoms with E-state index in [0.29, 0.717) is 23.6 Å². The third-order valence-corrected chi connectivity index (χ3v) is 8.39. The number of fused-ring (bicyclic) bond motifs is 1. The van der Waals surface area contributed by atoms with Crippen molar-refractivity contribution in [2.75, 3.05) is 30.3 Å². The second kappa shape index (κ2) is 10.5. The summed E-state index contributed by atoms with van der Waals surface area (Å²) in [5.74, 6) is 4.00. The van der Waals surface area contributed by atoms with Gasteiger partial charge < -0.3 is 16.0 Å². The van der Waals surface area contributed by atoms with E-state index < -0.39 is 0 Å². The Labute approximate surface area is 231 Å². The highest BCUT2D eigenvalue weighted by atomic mass is 15.0. The zero-order valence-electron chi connectivity index (χ0n) is 23.5. The highest BCUT2D eigenvalue weighted by Crippen LogP contribution is 2.44. The summed E-state index contributed by atoms with van der Waals surface area (Å²) in [5.41, 5.74) is 5.65. The fourth-order valence-electron chi connectivity index (χ4n) is 5.63. The molecule has 1 saturated heterocycles. The van der Waals surface area contributed by atoms with Crippen molar-refractivity contribution in [1.82, 2.24) is 25.3 Å². The fraction of sp³-hybridized carbons (Fsp3) is 0.438. The predicted molar refractivity (Wildman–Crippen MR) is 160 cm³/mol. The molecule has 4 aromatic rings. The lowest BCUT2D eigenvalue weighted by molar-refractivity contribution is 0.166. The Kier molecular flexibility index (Phi) is 6.94. The molecular weight excluding hydrogens is 482 g/mol. The number of pyridine rings is 2. The third-order valence-electron chi connectivity index (χ3n) is 8.39. The standard InChI is InChI=1S/C32H39N7/c1-20(2)21-7-9-25(10-8-21)37-28-15-23(11-14-35-28)30-38-27-18-34-17-26(22-5-6-22)29(27)31(39-30)36-16-24-12-13-33-19-32(24,3)4/h7-11,14-15,17-18,20,22,24,33H,5-6,12-13,16,19H2,1-4H3,(H,35,37)(H,36,38,39). The van der Waals surface area contributed by atoms with E-state index in [1.165, 1.54) is 24.0 Å². The maximum atomic E-state index is 5.13. The van der Waals surface area contributed by atoms with Crippen molar-refractivity contribution in [3.8, 4) is 11.4 Å². The van der Waals surface area contributed by atoms with Crippen molar-refractivity contribution < 1.29 is 0 Å². The summed E-state index contributed by atoms with van der Waals surface area (Å²) < 4.78 is 0. The first kappa shape index (κ1) is 25.7. The van der Waals surface area contributed by atoms with Crippen LogP contribution in [0.5, 0.6) is 0 Å². The Bertz CT molecular complexity index is 1460. The Morgan fingerprint density at radius 3 is 2.59 bits per heavy atom. The molecule has 7 nitrogen and oxygen atoms in total. The van der Waals surface area contributed by atoms with Gasteiger partial charge in [0.25, 0.3) is 0 Å². The minimum atomic E-state index is 0.233. The molecule has 1 atom stereocenters. The molecule has 0 radical (unpaired) electrons. The van der Waals surface area contributed by atoms with Gasteiger partial charge >= 0.3 is 0 Å². The number of hydrogen-bond donors (Lipinski definition) is 3. The first-order valence-corrected chi connectivity index (χ1v) is 14.3. The molecule has 4 heterocycles. The van der Waals surface area contributed by atoms with Crippen molar-refractivity contribution in [2.45, 2.75) is 58.8 Å². The van der Waals surface area contributed by atoms with Crippen molar-refractivity contribution in [3.63, 3.8) is 0 Å². The highest BCUT2D eigenvalue weighted by Gasteiger charge is 2.33. The van der Waals surface area contributed by atoms with Gasteiger partial charge in [-0.1, -0.05) is 39.8 Å². The molecule has 2 fully saturated rings. The van der Waals surface area contributed by atoms with E-state index in [1.807, 2.05) is 30.7 Å². The summed E-state index contributed by atoms with van der Waals surface area (Å²) in [6, 6.07) is 12.5. The molecule has 7 heteroatoms. The van der Waals surface area contributed by atoms with Crippen LogP contribution in [-0.4, -0.2) is 39.6 Å². The molecule has 1 saturated carbocycles. The lowest BCUT2D eigenvalue weighted by Crippen LogP contribution is -2.45. The second-order valence-corrected chi connectivity index (χ2v) is 12.2. The Balaban J connectivity index is 1.33. The summed E-state index contributed by atoms with van der Waals surface area (Å²) in [7, 11) is 0. The van der Waals surface area contributed by atoms with E-state index in [4.69, 9.17) is 9.97 Å². The molecule has 1 aromatic carbocycles. The fourth-order valence-corrected chi connectivity index (χ4v) is 5.63. The van der Waals surface area contributed by atoms with Gasteiger partial charge in [0.15, 0.2) is 5.82 Å². The average Bonchev–Trinajstić information content (AvgIpc) is 3.78. The van der Waals surface area contributed by atoms with E-state index in [0.717, 1.165) is 59.8 Å². The minimum absolute atomic E-state index is 0.233. The van der Waals surface area contributed by atoms with Crippen LogP contribution in [0.2, 0.25) is 0 Å². The van der Waals surface area contributed by atoms with Gasteiger partial charge in [0, 0.05) is 42.1 Å².